The second-order valence-electron chi connectivity index (χ2n) is 9.76. The molecule has 8 heteroatoms. The van der Waals surface area contributed by atoms with Crippen LogP contribution < -0.4 is 0 Å². The van der Waals surface area contributed by atoms with Crippen molar-refractivity contribution in [1.29, 1.82) is 0 Å². The number of likely N-dealkylation sites (tertiary alicyclic amines) is 1. The van der Waals surface area contributed by atoms with Crippen molar-refractivity contribution >= 4 is 29.5 Å². The number of phenols is 1. The second-order valence-corrected chi connectivity index (χ2v) is 10.2. The van der Waals surface area contributed by atoms with Crippen molar-refractivity contribution in [2.24, 2.45) is 17.8 Å². The van der Waals surface area contributed by atoms with Gasteiger partial charge in [-0.1, -0.05) is 43.5 Å². The van der Waals surface area contributed by atoms with Crippen LogP contribution in [0.4, 0.5) is 0 Å². The Balaban J connectivity index is 1.87. The van der Waals surface area contributed by atoms with Crippen molar-refractivity contribution in [3.05, 3.63) is 45.5 Å². The molecule has 3 N–H and O–H groups in total. The summed E-state index contributed by atoms with van der Waals surface area (Å²) in [4.78, 5) is 27.5. The molecule has 3 rings (SSSR count). The third kappa shape index (κ3) is 6.02. The number of carbonyl (C=O) groups is 2. The minimum Gasteiger partial charge on any atom is -0.508 e. The summed E-state index contributed by atoms with van der Waals surface area (Å²) in [7, 11) is 1.56. The van der Waals surface area contributed by atoms with Gasteiger partial charge in [0.15, 0.2) is 0 Å². The number of carbonyl (C=O) groups excluding carboxylic acids is 2. The number of aliphatic hydroxyl groups excluding tert-OH is 2. The molecule has 4 atom stereocenters. The highest BCUT2D eigenvalue weighted by Gasteiger charge is 2.54. The number of ether oxygens (including phenoxy) is 1. The molecule has 1 aliphatic heterocycles. The van der Waals surface area contributed by atoms with Crippen LogP contribution in [0.3, 0.4) is 0 Å². The van der Waals surface area contributed by atoms with Crippen molar-refractivity contribution in [3.8, 4) is 5.75 Å². The molecule has 1 aliphatic carbocycles. The summed E-state index contributed by atoms with van der Waals surface area (Å²) in [6.07, 6.45) is 4.87. The molecule has 2 aliphatic rings. The summed E-state index contributed by atoms with van der Waals surface area (Å²) in [6.45, 7) is 4.28. The van der Waals surface area contributed by atoms with Gasteiger partial charge in [0, 0.05) is 19.6 Å². The lowest BCUT2D eigenvalue weighted by Gasteiger charge is -2.36. The molecule has 0 bridgehead atoms. The molecule has 1 heterocycles. The fourth-order valence-electron chi connectivity index (χ4n) is 5.70. The third-order valence-corrected chi connectivity index (χ3v) is 7.58. The number of hydrogen-bond acceptors (Lipinski definition) is 6. The maximum Gasteiger partial charge on any atom is 0.233 e. The first kappa shape index (κ1) is 28.4. The van der Waals surface area contributed by atoms with Gasteiger partial charge < -0.3 is 20.1 Å². The number of fused-ring (bicyclic) bond motifs is 1. The average molecular weight is 520 g/mol. The van der Waals surface area contributed by atoms with Gasteiger partial charge in [-0.15, -0.1) is 0 Å². The monoisotopic (exact) mass is 519 g/mol. The van der Waals surface area contributed by atoms with Gasteiger partial charge in [0.2, 0.25) is 11.8 Å². The zero-order chi connectivity index (χ0) is 26.4. The topological polar surface area (TPSA) is 107 Å². The molecular formula is C28H38ClNO6. The maximum atomic E-state index is 13.2. The third-order valence-electron chi connectivity index (χ3n) is 7.25. The fraction of sp³-hybridized carbons (Fsp3) is 0.571. The number of hydrogen-bond donors (Lipinski definition) is 3. The molecular weight excluding hydrogens is 482 g/mol. The quantitative estimate of drug-likeness (QED) is 0.280. The first-order valence-electron chi connectivity index (χ1n) is 12.8. The van der Waals surface area contributed by atoms with E-state index in [1.807, 2.05) is 13.0 Å². The number of aromatic hydroxyl groups is 1. The minimum absolute atomic E-state index is 0.102. The summed E-state index contributed by atoms with van der Waals surface area (Å²) in [6, 6.07) is 4.85. The summed E-state index contributed by atoms with van der Waals surface area (Å²) >= 11 is 6.29. The van der Waals surface area contributed by atoms with Gasteiger partial charge in [-0.25, -0.2) is 0 Å². The first-order chi connectivity index (χ1) is 17.3. The molecule has 0 aromatic heterocycles. The highest BCUT2D eigenvalue weighted by molar-refractivity contribution is 6.32. The Labute approximate surface area is 218 Å². The molecule has 0 radical (unpaired) electrons. The lowest BCUT2D eigenvalue weighted by Crippen LogP contribution is -2.39. The maximum absolute atomic E-state index is 13.2. The largest absolute Gasteiger partial charge is 0.508 e. The molecule has 1 saturated heterocycles. The van der Waals surface area contributed by atoms with E-state index < -0.39 is 23.9 Å². The van der Waals surface area contributed by atoms with Gasteiger partial charge in [-0.05, 0) is 67.0 Å². The number of rotatable bonds is 12. The number of methoxy groups -OCH3 is 1. The van der Waals surface area contributed by atoms with E-state index in [0.29, 0.717) is 42.8 Å². The molecule has 36 heavy (non-hydrogen) atoms. The highest BCUT2D eigenvalue weighted by Crippen LogP contribution is 2.46. The molecule has 1 aromatic rings. The predicted molar refractivity (Wildman–Crippen MR) is 139 cm³/mol. The van der Waals surface area contributed by atoms with Crippen LogP contribution in [0.25, 0.3) is 6.08 Å². The molecule has 198 valence electrons. The summed E-state index contributed by atoms with van der Waals surface area (Å²) in [5, 5.41) is 31.8. The van der Waals surface area contributed by atoms with E-state index in [4.69, 9.17) is 16.3 Å². The predicted octanol–water partition coefficient (Wildman–Crippen LogP) is 4.34. The summed E-state index contributed by atoms with van der Waals surface area (Å²) < 4.78 is 5.40. The van der Waals surface area contributed by atoms with E-state index in [-0.39, 0.29) is 30.8 Å². The van der Waals surface area contributed by atoms with E-state index in [2.05, 4.69) is 6.92 Å². The smallest absolute Gasteiger partial charge is 0.233 e. The zero-order valence-corrected chi connectivity index (χ0v) is 22.1. The van der Waals surface area contributed by atoms with E-state index >= 15 is 0 Å². The van der Waals surface area contributed by atoms with Gasteiger partial charge in [0.25, 0.3) is 0 Å². The van der Waals surface area contributed by atoms with Crippen LogP contribution in [0.5, 0.6) is 5.75 Å². The number of benzene rings is 1. The molecule has 2 amide bonds. The van der Waals surface area contributed by atoms with Crippen LogP contribution in [0, 0.1) is 17.8 Å². The number of amides is 2. The average Bonchev–Trinajstić information content (AvgIpc) is 3.08. The first-order valence-corrected chi connectivity index (χ1v) is 13.2. The van der Waals surface area contributed by atoms with E-state index in [0.717, 1.165) is 29.6 Å². The lowest BCUT2D eigenvalue weighted by atomic mass is 9.68. The Bertz CT molecular complexity index is 1020. The number of allylic oxidation sites excluding steroid dienone is 1. The molecule has 0 unspecified atom stereocenters. The van der Waals surface area contributed by atoms with Gasteiger partial charge in [0.05, 0.1) is 36.2 Å². The van der Waals surface area contributed by atoms with Gasteiger partial charge in [-0.2, -0.15) is 0 Å². The number of phenolic OH excluding ortho intramolecular Hbond substituents is 1. The van der Waals surface area contributed by atoms with Crippen LogP contribution in [0.1, 0.15) is 57.9 Å². The normalized spacial score (nSPS) is 23.4. The van der Waals surface area contributed by atoms with Crippen LogP contribution in [-0.2, 0) is 14.3 Å². The molecule has 7 nitrogen and oxygen atoms in total. The number of nitrogens with zero attached hydrogens (tertiary/aromatic N) is 1. The summed E-state index contributed by atoms with van der Waals surface area (Å²) in [5.74, 6) is -2.13. The molecule has 0 spiro atoms. The molecule has 1 fully saturated rings. The Kier molecular flexibility index (Phi) is 10.1. The van der Waals surface area contributed by atoms with Gasteiger partial charge in [0.1, 0.15) is 5.75 Å². The van der Waals surface area contributed by atoms with Crippen LogP contribution in [0.2, 0.25) is 5.02 Å². The van der Waals surface area contributed by atoms with Crippen molar-refractivity contribution in [1.82, 2.24) is 4.90 Å². The van der Waals surface area contributed by atoms with Crippen molar-refractivity contribution < 1.29 is 29.6 Å². The highest BCUT2D eigenvalue weighted by atomic mass is 35.5. The van der Waals surface area contributed by atoms with Crippen LogP contribution >= 0.6 is 11.6 Å². The van der Waals surface area contributed by atoms with E-state index in [9.17, 15) is 24.9 Å². The van der Waals surface area contributed by atoms with E-state index in [1.54, 1.807) is 19.2 Å². The van der Waals surface area contributed by atoms with Crippen molar-refractivity contribution in [2.45, 2.75) is 58.5 Å². The summed E-state index contributed by atoms with van der Waals surface area (Å²) in [5.41, 5.74) is 3.34. The van der Waals surface area contributed by atoms with Crippen LogP contribution in [-0.4, -0.2) is 65.0 Å². The number of imide groups is 1. The molecule has 1 aromatic carbocycles. The van der Waals surface area contributed by atoms with E-state index in [1.165, 1.54) is 11.0 Å². The Morgan fingerprint density at radius 2 is 1.97 bits per heavy atom. The Morgan fingerprint density at radius 3 is 2.58 bits per heavy atom. The van der Waals surface area contributed by atoms with Gasteiger partial charge in [-0.3, -0.25) is 14.5 Å². The minimum atomic E-state index is -0.882. The van der Waals surface area contributed by atoms with Crippen molar-refractivity contribution in [3.63, 3.8) is 0 Å². The standard InChI is InChI=1S/C28H38ClNO6/c1-4-6-17(12-18-8-9-20(32)14-23(18)29)7-10-24(33)25-19(16-36-3)13-21-26(22(25)15-31)28(35)30(11-5-2)27(21)34/h8-9,12,14,21-22,24,26,31-33H,4-7,10-11,13,15-16H2,1-3H3/b17-12+/t21-,22+,24-,26-/m1/s1. The lowest BCUT2D eigenvalue weighted by molar-refractivity contribution is -0.140. The molecule has 0 saturated carbocycles. The fourth-order valence-corrected chi connectivity index (χ4v) is 5.93. The second kappa shape index (κ2) is 12.9. The number of halogens is 1. The zero-order valence-electron chi connectivity index (χ0n) is 21.4. The Hall–Kier alpha value is -2.19. The van der Waals surface area contributed by atoms with Crippen molar-refractivity contribution in [2.75, 3.05) is 26.9 Å². The Morgan fingerprint density at radius 1 is 1.22 bits per heavy atom. The van der Waals surface area contributed by atoms with Crippen LogP contribution in [0.15, 0.2) is 34.9 Å². The SMILES string of the molecule is CCC/C(=C\c1ccc(O)cc1Cl)CC[C@@H](O)C1=C(COC)C[C@H]2C(=O)N(CCC)C(=O)[C@H]2[C@H]1CO. The number of aliphatic hydroxyl groups is 2. The van der Waals surface area contributed by atoms with Gasteiger partial charge >= 0.3 is 0 Å².